The van der Waals surface area contributed by atoms with Crippen LogP contribution in [0.4, 0.5) is 11.4 Å². The monoisotopic (exact) mass is 234 g/mol. The van der Waals surface area contributed by atoms with Crippen molar-refractivity contribution in [1.82, 2.24) is 0 Å². The fourth-order valence-corrected chi connectivity index (χ4v) is 1.78. The fourth-order valence-electron chi connectivity index (χ4n) is 1.78. The molecule has 92 valence electrons. The highest BCUT2D eigenvalue weighted by Crippen LogP contribution is 2.36. The Labute approximate surface area is 101 Å². The molecule has 1 amide bonds. The lowest BCUT2D eigenvalue weighted by Crippen LogP contribution is -2.32. The van der Waals surface area contributed by atoms with Crippen LogP contribution in [0.25, 0.3) is 0 Å². The smallest absolute Gasteiger partial charge is 0.253 e. The van der Waals surface area contributed by atoms with Crippen molar-refractivity contribution < 1.29 is 9.63 Å². The number of hydrogen-bond acceptors (Lipinski definition) is 3. The van der Waals surface area contributed by atoms with Crippen molar-refractivity contribution in [3.8, 4) is 0 Å². The Morgan fingerprint density at radius 2 is 1.94 bits per heavy atom. The molecule has 1 aliphatic rings. The summed E-state index contributed by atoms with van der Waals surface area (Å²) in [4.78, 5) is 17.7. The van der Waals surface area contributed by atoms with Crippen LogP contribution in [0.2, 0.25) is 0 Å². The first kappa shape index (κ1) is 11.9. The number of nitrogens with zero attached hydrogens (tertiary/aromatic N) is 1. The highest BCUT2D eigenvalue weighted by atomic mass is 16.7. The first-order valence-electron chi connectivity index (χ1n) is 5.80. The molecule has 2 rings (SSSR count). The quantitative estimate of drug-likeness (QED) is 0.799. The number of benzene rings is 1. The first-order valence-corrected chi connectivity index (χ1v) is 5.80. The van der Waals surface area contributed by atoms with E-state index < -0.39 is 5.60 Å². The summed E-state index contributed by atoms with van der Waals surface area (Å²) in [6, 6.07) is 7.10. The van der Waals surface area contributed by atoms with Gasteiger partial charge in [-0.25, -0.2) is 0 Å². The van der Waals surface area contributed by atoms with Gasteiger partial charge >= 0.3 is 0 Å². The maximum absolute atomic E-state index is 11.9. The minimum atomic E-state index is -0.418. The van der Waals surface area contributed by atoms with E-state index in [1.807, 2.05) is 6.92 Å². The number of carbonyl (C=O) groups is 1. The van der Waals surface area contributed by atoms with Gasteiger partial charge in [-0.15, -0.1) is 0 Å². The number of nitrogen functional groups attached to an aromatic ring is 1. The van der Waals surface area contributed by atoms with E-state index in [0.717, 1.165) is 5.69 Å². The molecule has 4 nitrogen and oxygen atoms in total. The highest BCUT2D eigenvalue weighted by molar-refractivity contribution is 5.94. The van der Waals surface area contributed by atoms with Crippen LogP contribution in [0.15, 0.2) is 24.3 Å². The first-order chi connectivity index (χ1) is 7.92. The van der Waals surface area contributed by atoms with Gasteiger partial charge in [0, 0.05) is 5.69 Å². The van der Waals surface area contributed by atoms with Crippen LogP contribution in [0.3, 0.4) is 0 Å². The lowest BCUT2D eigenvalue weighted by atomic mass is 9.90. The van der Waals surface area contributed by atoms with Gasteiger partial charge < -0.3 is 5.73 Å². The van der Waals surface area contributed by atoms with Crippen LogP contribution in [0.1, 0.15) is 27.2 Å². The summed E-state index contributed by atoms with van der Waals surface area (Å²) in [7, 11) is 0. The fraction of sp³-hybridized carbons (Fsp3) is 0.462. The largest absolute Gasteiger partial charge is 0.399 e. The summed E-state index contributed by atoms with van der Waals surface area (Å²) in [5, 5.41) is 1.37. The van der Waals surface area contributed by atoms with E-state index in [0.29, 0.717) is 12.1 Å². The molecule has 1 aromatic rings. The van der Waals surface area contributed by atoms with E-state index in [-0.39, 0.29) is 11.8 Å². The maximum atomic E-state index is 11.9. The van der Waals surface area contributed by atoms with Crippen molar-refractivity contribution in [3.63, 3.8) is 0 Å². The number of nitrogens with two attached hydrogens (primary N) is 1. The van der Waals surface area contributed by atoms with Gasteiger partial charge in [-0.2, -0.15) is 5.06 Å². The number of hydrogen-bond donors (Lipinski definition) is 1. The van der Waals surface area contributed by atoms with Crippen molar-refractivity contribution >= 4 is 17.3 Å². The number of rotatable bonds is 2. The molecule has 0 saturated carbocycles. The highest BCUT2D eigenvalue weighted by Gasteiger charge is 2.44. The molecule has 17 heavy (non-hydrogen) atoms. The number of anilines is 2. The van der Waals surface area contributed by atoms with Crippen LogP contribution >= 0.6 is 0 Å². The molecule has 1 atom stereocenters. The molecule has 1 unspecified atom stereocenters. The Hall–Kier alpha value is -1.55. The van der Waals surface area contributed by atoms with Crippen molar-refractivity contribution in [1.29, 1.82) is 0 Å². The van der Waals surface area contributed by atoms with Crippen molar-refractivity contribution in [2.75, 3.05) is 10.8 Å². The maximum Gasteiger partial charge on any atom is 0.253 e. The number of hydroxylamine groups is 1. The predicted octanol–water partition coefficient (Wildman–Crippen LogP) is 2.35. The summed E-state index contributed by atoms with van der Waals surface area (Å²) >= 11 is 0. The van der Waals surface area contributed by atoms with E-state index in [2.05, 4.69) is 13.8 Å². The number of amides is 1. The summed E-state index contributed by atoms with van der Waals surface area (Å²) in [5.41, 5.74) is 6.60. The van der Waals surface area contributed by atoms with Crippen molar-refractivity contribution in [2.24, 2.45) is 5.92 Å². The average Bonchev–Trinajstić information content (AvgIpc) is 2.57. The zero-order valence-electron chi connectivity index (χ0n) is 10.4. The lowest BCUT2D eigenvalue weighted by Gasteiger charge is -2.27. The van der Waals surface area contributed by atoms with Gasteiger partial charge in [0.1, 0.15) is 5.60 Å². The molecule has 4 heteroatoms. The molecular weight excluding hydrogens is 216 g/mol. The van der Waals surface area contributed by atoms with Crippen molar-refractivity contribution in [3.05, 3.63) is 24.3 Å². The summed E-state index contributed by atoms with van der Waals surface area (Å²) in [6.07, 6.45) is 0.412. The second kappa shape index (κ2) is 4.04. The van der Waals surface area contributed by atoms with E-state index in [1.54, 1.807) is 24.3 Å². The molecule has 0 bridgehead atoms. The van der Waals surface area contributed by atoms with Gasteiger partial charge in [0.2, 0.25) is 0 Å². The Kier molecular flexibility index (Phi) is 2.83. The SMILES string of the molecule is CC(C)C1(C)CC(=O)N(c2ccc(N)cc2)O1. The third-order valence-corrected chi connectivity index (χ3v) is 3.38. The summed E-state index contributed by atoms with van der Waals surface area (Å²) in [6.45, 7) is 6.08. The van der Waals surface area contributed by atoms with Gasteiger partial charge in [0.05, 0.1) is 12.1 Å². The second-order valence-electron chi connectivity index (χ2n) is 5.02. The minimum absolute atomic E-state index is 0.00836. The molecule has 1 aromatic carbocycles. The van der Waals surface area contributed by atoms with Crippen LogP contribution in [0.5, 0.6) is 0 Å². The number of carbonyl (C=O) groups excluding carboxylic acids is 1. The molecule has 0 spiro atoms. The van der Waals surface area contributed by atoms with Crippen LogP contribution < -0.4 is 10.8 Å². The Bertz CT molecular complexity index is 428. The Balaban J connectivity index is 2.24. The van der Waals surface area contributed by atoms with Crippen LogP contribution in [-0.4, -0.2) is 11.5 Å². The zero-order valence-corrected chi connectivity index (χ0v) is 10.4. The lowest BCUT2D eigenvalue weighted by molar-refractivity contribution is -0.119. The normalized spacial score (nSPS) is 24.7. The molecular formula is C13H18N2O2. The third kappa shape index (κ3) is 2.13. The van der Waals surface area contributed by atoms with Crippen molar-refractivity contribution in [2.45, 2.75) is 32.8 Å². The van der Waals surface area contributed by atoms with E-state index >= 15 is 0 Å². The molecule has 2 N–H and O–H groups in total. The molecule has 1 fully saturated rings. The molecule has 0 radical (unpaired) electrons. The Morgan fingerprint density at radius 3 is 2.41 bits per heavy atom. The predicted molar refractivity (Wildman–Crippen MR) is 67.3 cm³/mol. The van der Waals surface area contributed by atoms with Gasteiger partial charge in [-0.3, -0.25) is 9.63 Å². The molecule has 1 aliphatic heterocycles. The molecule has 0 aromatic heterocycles. The molecule has 1 saturated heterocycles. The van der Waals surface area contributed by atoms with Gasteiger partial charge in [-0.1, -0.05) is 13.8 Å². The second-order valence-corrected chi connectivity index (χ2v) is 5.02. The standard InChI is InChI=1S/C13H18N2O2/c1-9(2)13(3)8-12(16)15(17-13)11-6-4-10(14)5-7-11/h4-7,9H,8,14H2,1-3H3. The van der Waals surface area contributed by atoms with Gasteiger partial charge in [0.15, 0.2) is 0 Å². The average molecular weight is 234 g/mol. The zero-order chi connectivity index (χ0) is 12.6. The van der Waals surface area contributed by atoms with Gasteiger partial charge in [0.25, 0.3) is 5.91 Å². The molecule has 0 aliphatic carbocycles. The van der Waals surface area contributed by atoms with Crippen LogP contribution in [-0.2, 0) is 9.63 Å². The molecule has 1 heterocycles. The Morgan fingerprint density at radius 1 is 1.35 bits per heavy atom. The summed E-state index contributed by atoms with van der Waals surface area (Å²) in [5.74, 6) is 0.274. The van der Waals surface area contributed by atoms with E-state index in [4.69, 9.17) is 10.6 Å². The van der Waals surface area contributed by atoms with E-state index in [9.17, 15) is 4.79 Å². The van der Waals surface area contributed by atoms with E-state index in [1.165, 1.54) is 5.06 Å². The topological polar surface area (TPSA) is 55.6 Å². The minimum Gasteiger partial charge on any atom is -0.399 e. The van der Waals surface area contributed by atoms with Crippen LogP contribution in [0, 0.1) is 5.92 Å². The summed E-state index contributed by atoms with van der Waals surface area (Å²) < 4.78 is 0. The van der Waals surface area contributed by atoms with Gasteiger partial charge in [-0.05, 0) is 37.1 Å². The third-order valence-electron chi connectivity index (χ3n) is 3.38.